The number of anilines is 1. The zero-order chi connectivity index (χ0) is 32.7. The maximum absolute atomic E-state index is 13.0. The van der Waals surface area contributed by atoms with Gasteiger partial charge in [-0.05, 0) is 31.0 Å². The van der Waals surface area contributed by atoms with E-state index in [-0.39, 0.29) is 61.8 Å². The van der Waals surface area contributed by atoms with Gasteiger partial charge in [0.25, 0.3) is 0 Å². The van der Waals surface area contributed by atoms with Gasteiger partial charge in [0.05, 0.1) is 13.4 Å². The van der Waals surface area contributed by atoms with E-state index in [2.05, 4.69) is 20.3 Å². The van der Waals surface area contributed by atoms with Crippen LogP contribution in [0.1, 0.15) is 31.6 Å². The van der Waals surface area contributed by atoms with E-state index in [9.17, 15) is 18.9 Å². The number of nitrogens with zero attached hydrogens (tertiary/aromatic N) is 4. The first-order valence-corrected chi connectivity index (χ1v) is 15.4. The highest BCUT2D eigenvalue weighted by molar-refractivity contribution is 7.33. The van der Waals surface area contributed by atoms with Crippen molar-refractivity contribution in [1.29, 1.82) is 0 Å². The summed E-state index contributed by atoms with van der Waals surface area (Å²) in [5.41, 5.74) is 6.29. The van der Waals surface area contributed by atoms with Crippen LogP contribution in [0.2, 0.25) is 0 Å². The molecule has 0 aliphatic carbocycles. The summed E-state index contributed by atoms with van der Waals surface area (Å²) in [6, 6.07) is 15.0. The van der Waals surface area contributed by atoms with Gasteiger partial charge in [-0.25, -0.2) is 9.37 Å². The van der Waals surface area contributed by atoms with E-state index < -0.39 is 32.3 Å². The largest absolute Gasteiger partial charge is 0.697 e. The third kappa shape index (κ3) is 8.02. The molecule has 5 unspecified atom stereocenters. The molecule has 1 aliphatic rings. The van der Waals surface area contributed by atoms with Crippen LogP contribution >= 0.6 is 8.25 Å². The topological polar surface area (TPSA) is 182 Å². The molecule has 1 fully saturated rings. The lowest BCUT2D eigenvalue weighted by atomic mass is 9.86. The molecule has 5 atom stereocenters. The van der Waals surface area contributed by atoms with Crippen LogP contribution in [0.4, 0.5) is 10.3 Å². The smallest absolute Gasteiger partial charge is 0.479 e. The molecule has 2 aromatic heterocycles. The molecule has 17 heteroatoms. The summed E-state index contributed by atoms with van der Waals surface area (Å²) < 4.78 is 55.4. The number of carbonyl (C=O) groups is 1. The summed E-state index contributed by atoms with van der Waals surface area (Å²) >= 11 is 0. The highest BCUT2D eigenvalue weighted by atomic mass is 31.1. The first-order chi connectivity index (χ1) is 22.2. The Labute approximate surface area is 265 Å². The van der Waals surface area contributed by atoms with Crippen LogP contribution in [0.3, 0.4) is 0 Å². The number of imidazole rings is 1. The highest BCUT2D eigenvalue weighted by Gasteiger charge is 2.55. The number of fused-ring (bicyclic) bond motifs is 1. The zero-order valence-electron chi connectivity index (χ0n) is 25.1. The quantitative estimate of drug-likeness (QED) is 0.0968. The van der Waals surface area contributed by atoms with Crippen LogP contribution in [0.25, 0.3) is 11.2 Å². The highest BCUT2D eigenvalue weighted by Crippen LogP contribution is 2.42. The molecule has 0 saturated carbocycles. The molecule has 1 saturated heterocycles. The van der Waals surface area contributed by atoms with Crippen LogP contribution in [0, 0.1) is 5.82 Å². The summed E-state index contributed by atoms with van der Waals surface area (Å²) in [4.78, 5) is 24.7. The molecule has 0 spiro atoms. The molecule has 3 heterocycles. The second-order valence-corrected chi connectivity index (χ2v) is 11.6. The van der Waals surface area contributed by atoms with Crippen molar-refractivity contribution in [2.45, 2.75) is 50.3 Å². The Bertz CT molecular complexity index is 1650. The number of aromatic nitrogens is 4. The molecule has 2 aromatic carbocycles. The Kier molecular flexibility index (Phi) is 10.9. The fourth-order valence-corrected chi connectivity index (χ4v) is 5.55. The number of benzene rings is 2. The second kappa shape index (κ2) is 15.0. The van der Waals surface area contributed by atoms with Crippen molar-refractivity contribution in [3.8, 4) is 5.88 Å². The molecular formula is C29H33BFN6O8P+. The number of carbonyl (C=O) groups excluding carboxylic acids is 1. The normalized spacial score (nSPS) is 21.3. The number of aliphatic hydroxyl groups is 1. The van der Waals surface area contributed by atoms with Crippen LogP contribution in [0.5, 0.6) is 5.88 Å². The number of nitrogens with two attached hydrogens (primary N) is 1. The van der Waals surface area contributed by atoms with Crippen molar-refractivity contribution in [2.75, 3.05) is 26.1 Å². The standard InChI is InChI=1S/C29H32BFN6O8P/c1-29(39)24(45-30-19-7-4-3-5-8-19)21(44-27(29)37-17-34-23-25(37)35-28(32)36-26(23)41-2)16-43-46(40)42-14-6-9-22(38)33-15-18-10-12-20(31)13-11-18/h3-5,7-8,10-13,17,21,24,27,39H,6,9,14-16H2,1-2H3,(H2-,32,33,35,36,38)/p+1. The molecule has 0 bridgehead atoms. The molecule has 4 N–H and O–H groups in total. The Morgan fingerprint density at radius 2 is 1.96 bits per heavy atom. The average molecular weight is 654 g/mol. The third-order valence-corrected chi connectivity index (χ3v) is 7.97. The number of rotatable bonds is 15. The van der Waals surface area contributed by atoms with Gasteiger partial charge in [-0.15, -0.1) is 9.05 Å². The Hall–Kier alpha value is -4.05. The van der Waals surface area contributed by atoms with Gasteiger partial charge in [0.2, 0.25) is 17.7 Å². The van der Waals surface area contributed by atoms with Crippen molar-refractivity contribution in [3.63, 3.8) is 0 Å². The molecule has 14 nitrogen and oxygen atoms in total. The van der Waals surface area contributed by atoms with Gasteiger partial charge in [0.1, 0.15) is 36.8 Å². The fourth-order valence-electron chi connectivity index (χ4n) is 4.93. The molecule has 1 radical (unpaired) electrons. The number of nitrogens with one attached hydrogen (secondary N) is 1. The van der Waals surface area contributed by atoms with E-state index >= 15 is 0 Å². The van der Waals surface area contributed by atoms with Crippen molar-refractivity contribution >= 4 is 44.2 Å². The van der Waals surface area contributed by atoms with Gasteiger partial charge in [-0.3, -0.25) is 9.36 Å². The second-order valence-electron chi connectivity index (χ2n) is 10.6. The maximum Gasteiger partial charge on any atom is 0.697 e. The minimum absolute atomic E-state index is 0.00324. The summed E-state index contributed by atoms with van der Waals surface area (Å²) in [5.74, 6) is -0.491. The van der Waals surface area contributed by atoms with Crippen molar-refractivity contribution in [1.82, 2.24) is 24.8 Å². The molecular weight excluding hydrogens is 621 g/mol. The van der Waals surface area contributed by atoms with E-state index in [1.807, 2.05) is 30.3 Å². The molecule has 4 aromatic rings. The van der Waals surface area contributed by atoms with E-state index in [0.29, 0.717) is 5.52 Å². The first kappa shape index (κ1) is 33.3. The molecule has 241 valence electrons. The minimum atomic E-state index is -2.59. The predicted molar refractivity (Wildman–Crippen MR) is 165 cm³/mol. The van der Waals surface area contributed by atoms with Gasteiger partial charge in [-0.1, -0.05) is 47.9 Å². The van der Waals surface area contributed by atoms with Gasteiger partial charge in [0.15, 0.2) is 17.4 Å². The van der Waals surface area contributed by atoms with E-state index in [0.717, 1.165) is 11.0 Å². The maximum atomic E-state index is 13.0. The van der Waals surface area contributed by atoms with Crippen molar-refractivity contribution < 1.29 is 42.0 Å². The number of nitrogen functional groups attached to an aromatic ring is 1. The average Bonchev–Trinajstić information content (AvgIpc) is 3.57. The SMILES string of the molecule is COc1nc(N)nc2c1ncn2C1OC(CO[P+](=O)OCCCC(=O)NCc2ccc(F)cc2)C(O[B]c2ccccc2)C1(C)O. The lowest BCUT2D eigenvalue weighted by Crippen LogP contribution is -2.47. The Balaban J connectivity index is 1.19. The van der Waals surface area contributed by atoms with Gasteiger partial charge < -0.3 is 30.3 Å². The number of hydrogen-bond donors (Lipinski definition) is 3. The summed E-state index contributed by atoms with van der Waals surface area (Å²) in [5, 5.41) is 14.5. The predicted octanol–water partition coefficient (Wildman–Crippen LogP) is 2.32. The van der Waals surface area contributed by atoms with E-state index in [1.165, 1.54) is 44.5 Å². The third-order valence-electron chi connectivity index (χ3n) is 7.21. The number of hydrogen-bond acceptors (Lipinski definition) is 12. The van der Waals surface area contributed by atoms with E-state index in [1.54, 1.807) is 12.1 Å². The monoisotopic (exact) mass is 654 g/mol. The minimum Gasteiger partial charge on any atom is -0.479 e. The molecule has 1 aliphatic heterocycles. The van der Waals surface area contributed by atoms with Crippen LogP contribution in [-0.2, 0) is 34.3 Å². The molecule has 1 amide bonds. The van der Waals surface area contributed by atoms with Crippen molar-refractivity contribution in [3.05, 3.63) is 72.3 Å². The lowest BCUT2D eigenvalue weighted by molar-refractivity contribution is -0.121. The van der Waals surface area contributed by atoms with E-state index in [4.69, 9.17) is 28.9 Å². The summed E-state index contributed by atoms with van der Waals surface area (Å²) in [7, 11) is 0.321. The number of amides is 1. The van der Waals surface area contributed by atoms with Crippen LogP contribution in [0.15, 0.2) is 60.9 Å². The number of halogens is 1. The Morgan fingerprint density at radius 1 is 1.20 bits per heavy atom. The van der Waals surface area contributed by atoms with Gasteiger partial charge >= 0.3 is 15.7 Å². The van der Waals surface area contributed by atoms with Gasteiger partial charge in [0, 0.05) is 17.5 Å². The number of ether oxygens (including phenoxy) is 2. The van der Waals surface area contributed by atoms with Gasteiger partial charge in [-0.2, -0.15) is 9.97 Å². The van der Waals surface area contributed by atoms with Crippen LogP contribution in [-0.4, -0.2) is 76.1 Å². The number of methoxy groups -OCH3 is 1. The first-order valence-electron chi connectivity index (χ1n) is 14.4. The van der Waals surface area contributed by atoms with Crippen molar-refractivity contribution in [2.24, 2.45) is 0 Å². The lowest BCUT2D eigenvalue weighted by Gasteiger charge is -2.30. The zero-order valence-corrected chi connectivity index (χ0v) is 26.0. The van der Waals surface area contributed by atoms with Crippen LogP contribution < -0.4 is 21.3 Å². The molecule has 5 rings (SSSR count). The summed E-state index contributed by atoms with van der Waals surface area (Å²) in [6.07, 6.45) is -1.16. The Morgan fingerprint density at radius 3 is 2.70 bits per heavy atom. The summed E-state index contributed by atoms with van der Waals surface area (Å²) in [6.45, 7) is 1.53. The fraction of sp³-hybridized carbons (Fsp3) is 0.379. The molecule has 46 heavy (non-hydrogen) atoms.